The maximum atomic E-state index is 12.3. The topological polar surface area (TPSA) is 53.7 Å². The Hall–Kier alpha value is -1.47. The Kier molecular flexibility index (Phi) is 5.64. The second kappa shape index (κ2) is 6.81. The minimum Gasteiger partial charge on any atom is -0.493 e. The Balaban J connectivity index is 2.70. The second-order valence-electron chi connectivity index (χ2n) is 4.24. The van der Waals surface area contributed by atoms with Crippen LogP contribution >= 0.6 is 0 Å². The fraction of sp³-hybridized carbons (Fsp3) is 0.538. The number of methoxy groups -OCH3 is 2. The summed E-state index contributed by atoms with van der Waals surface area (Å²) in [4.78, 5) is 0. The molecule has 2 atom stereocenters. The lowest BCUT2D eigenvalue weighted by molar-refractivity contribution is -0.215. The van der Waals surface area contributed by atoms with Crippen LogP contribution in [0.1, 0.15) is 18.5 Å². The van der Waals surface area contributed by atoms with Gasteiger partial charge < -0.3 is 19.9 Å². The smallest absolute Gasteiger partial charge is 0.414 e. The molecule has 7 heteroatoms. The highest BCUT2D eigenvalue weighted by Crippen LogP contribution is 2.30. The zero-order valence-corrected chi connectivity index (χ0v) is 11.5. The Morgan fingerprint density at radius 1 is 1.15 bits per heavy atom. The van der Waals surface area contributed by atoms with Crippen LogP contribution in [0.25, 0.3) is 0 Å². The molecule has 20 heavy (non-hydrogen) atoms. The Labute approximate surface area is 115 Å². The first-order valence-electron chi connectivity index (χ1n) is 5.95. The van der Waals surface area contributed by atoms with E-state index in [2.05, 4.69) is 0 Å². The summed E-state index contributed by atoms with van der Waals surface area (Å²) < 4.78 is 51.9. The van der Waals surface area contributed by atoms with Crippen LogP contribution in [0, 0.1) is 0 Å². The minimum absolute atomic E-state index is 0.240. The van der Waals surface area contributed by atoms with E-state index in [4.69, 9.17) is 19.9 Å². The molecule has 4 nitrogen and oxygen atoms in total. The molecular formula is C13H18F3NO3. The first-order chi connectivity index (χ1) is 9.29. The van der Waals surface area contributed by atoms with Crippen LogP contribution in [0.4, 0.5) is 13.2 Å². The van der Waals surface area contributed by atoms with Crippen molar-refractivity contribution in [3.8, 4) is 11.5 Å². The van der Waals surface area contributed by atoms with Gasteiger partial charge in [-0.15, -0.1) is 0 Å². The fourth-order valence-corrected chi connectivity index (χ4v) is 1.52. The molecule has 0 aliphatic heterocycles. The van der Waals surface area contributed by atoms with Crippen molar-refractivity contribution >= 4 is 0 Å². The number of hydrogen-bond donors (Lipinski definition) is 1. The Bertz CT molecular complexity index is 437. The third-order valence-corrected chi connectivity index (χ3v) is 2.82. The largest absolute Gasteiger partial charge is 0.493 e. The van der Waals surface area contributed by atoms with Crippen LogP contribution in [0.3, 0.4) is 0 Å². The summed E-state index contributed by atoms with van der Waals surface area (Å²) in [6.45, 7) is 0.706. The molecule has 0 bridgehead atoms. The summed E-state index contributed by atoms with van der Waals surface area (Å²) >= 11 is 0. The summed E-state index contributed by atoms with van der Waals surface area (Å²) in [7, 11) is 2.96. The van der Waals surface area contributed by atoms with Crippen LogP contribution in [-0.2, 0) is 4.74 Å². The fourth-order valence-electron chi connectivity index (χ4n) is 1.52. The molecule has 0 radical (unpaired) electrons. The van der Waals surface area contributed by atoms with Gasteiger partial charge in [-0.05, 0) is 24.6 Å². The molecular weight excluding hydrogens is 275 g/mol. The first-order valence-corrected chi connectivity index (χ1v) is 5.95. The van der Waals surface area contributed by atoms with Crippen molar-refractivity contribution in [2.24, 2.45) is 5.73 Å². The number of halogens is 3. The third kappa shape index (κ3) is 4.28. The van der Waals surface area contributed by atoms with Crippen LogP contribution in [-0.4, -0.2) is 33.1 Å². The molecule has 114 valence electrons. The molecule has 2 N–H and O–H groups in total. The van der Waals surface area contributed by atoms with Gasteiger partial charge in [0.2, 0.25) is 0 Å². The number of hydrogen-bond acceptors (Lipinski definition) is 4. The van der Waals surface area contributed by atoms with Gasteiger partial charge in [-0.2, -0.15) is 13.2 Å². The summed E-state index contributed by atoms with van der Waals surface area (Å²) in [5.74, 6) is 0.984. The standard InChI is InChI=1S/C13H18F3NO3/c1-8(13(14,15)16)20-7-10(17)9-4-5-11(18-2)12(6-9)19-3/h4-6,8,10H,7,17H2,1-3H3. The first kappa shape index (κ1) is 16.6. The van der Waals surface area contributed by atoms with Gasteiger partial charge in [0.05, 0.1) is 26.9 Å². The SMILES string of the molecule is COc1ccc(C(N)COC(C)C(F)(F)F)cc1OC. The molecule has 1 aromatic carbocycles. The van der Waals surface area contributed by atoms with E-state index in [1.165, 1.54) is 14.2 Å². The van der Waals surface area contributed by atoms with Gasteiger partial charge in [-0.1, -0.05) is 6.07 Å². The highest BCUT2D eigenvalue weighted by molar-refractivity contribution is 5.43. The van der Waals surface area contributed by atoms with Crippen molar-refractivity contribution in [3.63, 3.8) is 0 Å². The molecule has 0 heterocycles. The number of nitrogens with two attached hydrogens (primary N) is 1. The zero-order chi connectivity index (χ0) is 15.3. The average Bonchev–Trinajstić information content (AvgIpc) is 2.42. The molecule has 0 aromatic heterocycles. The van der Waals surface area contributed by atoms with Crippen LogP contribution in [0.2, 0.25) is 0 Å². The Morgan fingerprint density at radius 2 is 1.75 bits per heavy atom. The van der Waals surface area contributed by atoms with Gasteiger partial charge in [0.1, 0.15) is 0 Å². The van der Waals surface area contributed by atoms with Gasteiger partial charge in [-0.25, -0.2) is 0 Å². The summed E-state index contributed by atoms with van der Waals surface area (Å²) in [5, 5.41) is 0. The lowest BCUT2D eigenvalue weighted by Crippen LogP contribution is -2.31. The van der Waals surface area contributed by atoms with Crippen molar-refractivity contribution in [1.82, 2.24) is 0 Å². The molecule has 0 spiro atoms. The number of ether oxygens (including phenoxy) is 3. The van der Waals surface area contributed by atoms with Crippen molar-refractivity contribution in [3.05, 3.63) is 23.8 Å². The summed E-state index contributed by atoms with van der Waals surface area (Å²) in [5.41, 5.74) is 6.42. The van der Waals surface area contributed by atoms with E-state index >= 15 is 0 Å². The lowest BCUT2D eigenvalue weighted by Gasteiger charge is -2.20. The van der Waals surface area contributed by atoms with Gasteiger partial charge >= 0.3 is 6.18 Å². The van der Waals surface area contributed by atoms with E-state index in [0.717, 1.165) is 6.92 Å². The molecule has 0 aliphatic carbocycles. The predicted octanol–water partition coefficient (Wildman–Crippen LogP) is 2.67. The monoisotopic (exact) mass is 293 g/mol. The van der Waals surface area contributed by atoms with Crippen LogP contribution in [0.15, 0.2) is 18.2 Å². The summed E-state index contributed by atoms with van der Waals surface area (Å²) in [6.07, 6.45) is -6.24. The number of alkyl halides is 3. The molecule has 0 saturated heterocycles. The Morgan fingerprint density at radius 3 is 2.25 bits per heavy atom. The van der Waals surface area contributed by atoms with Gasteiger partial charge in [0, 0.05) is 0 Å². The van der Waals surface area contributed by atoms with Crippen molar-refractivity contribution in [2.45, 2.75) is 25.2 Å². The number of rotatable bonds is 6. The van der Waals surface area contributed by atoms with Gasteiger partial charge in [0.15, 0.2) is 17.6 Å². The predicted molar refractivity (Wildman–Crippen MR) is 67.9 cm³/mol. The maximum absolute atomic E-state index is 12.3. The quantitative estimate of drug-likeness (QED) is 0.876. The van der Waals surface area contributed by atoms with E-state index in [0.29, 0.717) is 17.1 Å². The minimum atomic E-state index is -4.39. The van der Waals surface area contributed by atoms with Crippen molar-refractivity contribution in [2.75, 3.05) is 20.8 Å². The molecule has 0 fully saturated rings. The highest BCUT2D eigenvalue weighted by Gasteiger charge is 2.37. The molecule has 0 amide bonds. The van der Waals surface area contributed by atoms with Crippen LogP contribution in [0.5, 0.6) is 11.5 Å². The molecule has 0 saturated carbocycles. The van der Waals surface area contributed by atoms with Crippen molar-refractivity contribution in [1.29, 1.82) is 0 Å². The van der Waals surface area contributed by atoms with Gasteiger partial charge in [0.25, 0.3) is 0 Å². The third-order valence-electron chi connectivity index (χ3n) is 2.82. The highest BCUT2D eigenvalue weighted by atomic mass is 19.4. The van der Waals surface area contributed by atoms with E-state index < -0.39 is 18.3 Å². The number of benzene rings is 1. The normalized spacial score (nSPS) is 14.8. The van der Waals surface area contributed by atoms with E-state index in [-0.39, 0.29) is 6.61 Å². The molecule has 1 aromatic rings. The van der Waals surface area contributed by atoms with Crippen LogP contribution < -0.4 is 15.2 Å². The van der Waals surface area contributed by atoms with E-state index in [9.17, 15) is 13.2 Å². The average molecular weight is 293 g/mol. The maximum Gasteiger partial charge on any atom is 0.414 e. The summed E-state index contributed by atoms with van der Waals surface area (Å²) in [6, 6.07) is 4.24. The molecule has 0 aliphatic rings. The lowest BCUT2D eigenvalue weighted by atomic mass is 10.1. The van der Waals surface area contributed by atoms with E-state index in [1.807, 2.05) is 0 Å². The molecule has 1 rings (SSSR count). The molecule has 2 unspecified atom stereocenters. The zero-order valence-electron chi connectivity index (χ0n) is 11.5. The van der Waals surface area contributed by atoms with Gasteiger partial charge in [-0.3, -0.25) is 0 Å². The second-order valence-corrected chi connectivity index (χ2v) is 4.24. The van der Waals surface area contributed by atoms with E-state index in [1.54, 1.807) is 18.2 Å². The van der Waals surface area contributed by atoms with Crippen molar-refractivity contribution < 1.29 is 27.4 Å².